The standard InChI is InChI=1S/C14H22N4/c1-3-6-15-8-11(2)16-9-12-4-5-13-10-17-18-14(13)7-12/h4-5,7,10-11,15-16H,3,6,8-9H2,1-2H3,(H,17,18). The van der Waals surface area contributed by atoms with E-state index in [4.69, 9.17) is 0 Å². The van der Waals surface area contributed by atoms with Crippen LogP contribution >= 0.6 is 0 Å². The van der Waals surface area contributed by atoms with Crippen molar-refractivity contribution in [3.63, 3.8) is 0 Å². The maximum Gasteiger partial charge on any atom is 0.0653 e. The highest BCUT2D eigenvalue weighted by Crippen LogP contribution is 2.12. The Balaban J connectivity index is 1.81. The van der Waals surface area contributed by atoms with Crippen LogP contribution in [0.4, 0.5) is 0 Å². The zero-order valence-corrected chi connectivity index (χ0v) is 11.2. The van der Waals surface area contributed by atoms with Crippen molar-refractivity contribution in [2.75, 3.05) is 13.1 Å². The van der Waals surface area contributed by atoms with Crippen LogP contribution in [0.15, 0.2) is 24.4 Å². The minimum atomic E-state index is 0.481. The molecule has 0 radical (unpaired) electrons. The van der Waals surface area contributed by atoms with Crippen LogP contribution in [-0.2, 0) is 6.54 Å². The lowest BCUT2D eigenvalue weighted by molar-refractivity contribution is 0.501. The molecule has 0 aliphatic heterocycles. The van der Waals surface area contributed by atoms with Crippen molar-refractivity contribution < 1.29 is 0 Å². The molecule has 1 unspecified atom stereocenters. The van der Waals surface area contributed by atoms with Crippen LogP contribution < -0.4 is 10.6 Å². The number of nitrogens with one attached hydrogen (secondary N) is 3. The van der Waals surface area contributed by atoms with Crippen molar-refractivity contribution in [2.24, 2.45) is 0 Å². The first-order chi connectivity index (χ1) is 8.79. The third-order valence-electron chi connectivity index (χ3n) is 3.04. The van der Waals surface area contributed by atoms with E-state index in [1.165, 1.54) is 12.0 Å². The van der Waals surface area contributed by atoms with Gasteiger partial charge in [-0.15, -0.1) is 0 Å². The fourth-order valence-corrected chi connectivity index (χ4v) is 1.95. The molecule has 0 saturated heterocycles. The Morgan fingerprint density at radius 1 is 1.39 bits per heavy atom. The summed E-state index contributed by atoms with van der Waals surface area (Å²) < 4.78 is 0. The molecule has 1 atom stereocenters. The number of benzene rings is 1. The molecule has 0 fully saturated rings. The predicted octanol–water partition coefficient (Wildman–Crippen LogP) is 2.04. The van der Waals surface area contributed by atoms with Crippen molar-refractivity contribution in [3.05, 3.63) is 30.0 Å². The molecule has 0 aliphatic carbocycles. The van der Waals surface area contributed by atoms with E-state index >= 15 is 0 Å². The smallest absolute Gasteiger partial charge is 0.0653 e. The zero-order chi connectivity index (χ0) is 12.8. The molecule has 0 amide bonds. The molecular weight excluding hydrogens is 224 g/mol. The van der Waals surface area contributed by atoms with Crippen LogP contribution in [0.2, 0.25) is 0 Å². The lowest BCUT2D eigenvalue weighted by Crippen LogP contribution is -2.36. The molecule has 0 bridgehead atoms. The Hall–Kier alpha value is -1.39. The third kappa shape index (κ3) is 3.55. The highest BCUT2D eigenvalue weighted by Gasteiger charge is 2.02. The Morgan fingerprint density at radius 2 is 2.28 bits per heavy atom. The molecule has 1 aromatic carbocycles. The van der Waals surface area contributed by atoms with E-state index in [-0.39, 0.29) is 0 Å². The summed E-state index contributed by atoms with van der Waals surface area (Å²) in [5.74, 6) is 0. The molecule has 0 aliphatic rings. The van der Waals surface area contributed by atoms with Crippen LogP contribution in [0.25, 0.3) is 10.9 Å². The second kappa shape index (κ2) is 6.52. The van der Waals surface area contributed by atoms with Gasteiger partial charge in [-0.2, -0.15) is 5.10 Å². The lowest BCUT2D eigenvalue weighted by atomic mass is 10.1. The number of hydrogen-bond donors (Lipinski definition) is 3. The molecule has 2 rings (SSSR count). The molecule has 0 spiro atoms. The number of rotatable bonds is 7. The molecule has 0 saturated carbocycles. The van der Waals surface area contributed by atoms with Gasteiger partial charge in [0, 0.05) is 24.5 Å². The summed E-state index contributed by atoms with van der Waals surface area (Å²) in [6.45, 7) is 7.39. The fourth-order valence-electron chi connectivity index (χ4n) is 1.95. The monoisotopic (exact) mass is 246 g/mol. The van der Waals surface area contributed by atoms with Crippen molar-refractivity contribution in [1.82, 2.24) is 20.8 Å². The molecule has 1 aromatic heterocycles. The van der Waals surface area contributed by atoms with Gasteiger partial charge in [-0.25, -0.2) is 0 Å². The van der Waals surface area contributed by atoms with Crippen LogP contribution in [0.3, 0.4) is 0 Å². The van der Waals surface area contributed by atoms with Crippen molar-refractivity contribution in [3.8, 4) is 0 Å². The van der Waals surface area contributed by atoms with Crippen LogP contribution in [-0.4, -0.2) is 29.3 Å². The average molecular weight is 246 g/mol. The van der Waals surface area contributed by atoms with E-state index in [1.807, 2.05) is 6.20 Å². The molecule has 2 aromatic rings. The second-order valence-corrected chi connectivity index (χ2v) is 4.78. The van der Waals surface area contributed by atoms with Gasteiger partial charge in [0.25, 0.3) is 0 Å². The lowest BCUT2D eigenvalue weighted by Gasteiger charge is -2.14. The Morgan fingerprint density at radius 3 is 3.11 bits per heavy atom. The van der Waals surface area contributed by atoms with E-state index in [1.54, 1.807) is 0 Å². The Kier molecular flexibility index (Phi) is 4.73. The van der Waals surface area contributed by atoms with Gasteiger partial charge in [-0.3, -0.25) is 5.10 Å². The number of H-pyrrole nitrogens is 1. The van der Waals surface area contributed by atoms with E-state index in [0.717, 1.165) is 30.5 Å². The largest absolute Gasteiger partial charge is 0.315 e. The minimum absolute atomic E-state index is 0.481. The fraction of sp³-hybridized carbons (Fsp3) is 0.500. The minimum Gasteiger partial charge on any atom is -0.315 e. The molecular formula is C14H22N4. The molecule has 18 heavy (non-hydrogen) atoms. The Bertz CT molecular complexity index is 477. The highest BCUT2D eigenvalue weighted by atomic mass is 15.1. The topological polar surface area (TPSA) is 52.7 Å². The van der Waals surface area contributed by atoms with Gasteiger partial charge >= 0.3 is 0 Å². The SMILES string of the molecule is CCCNCC(C)NCc1ccc2cn[nH]c2c1. The molecule has 4 nitrogen and oxygen atoms in total. The summed E-state index contributed by atoms with van der Waals surface area (Å²) in [7, 11) is 0. The van der Waals surface area contributed by atoms with E-state index in [2.05, 4.69) is 52.9 Å². The first-order valence-electron chi connectivity index (χ1n) is 6.65. The van der Waals surface area contributed by atoms with E-state index < -0.39 is 0 Å². The average Bonchev–Trinajstić information content (AvgIpc) is 2.84. The van der Waals surface area contributed by atoms with E-state index in [9.17, 15) is 0 Å². The maximum atomic E-state index is 4.03. The molecule has 98 valence electrons. The molecule has 4 heteroatoms. The zero-order valence-electron chi connectivity index (χ0n) is 11.2. The summed E-state index contributed by atoms with van der Waals surface area (Å²) >= 11 is 0. The second-order valence-electron chi connectivity index (χ2n) is 4.78. The summed E-state index contributed by atoms with van der Waals surface area (Å²) in [5, 5.41) is 15.1. The van der Waals surface area contributed by atoms with E-state index in [0.29, 0.717) is 6.04 Å². The normalized spacial score (nSPS) is 13.0. The highest BCUT2D eigenvalue weighted by molar-refractivity contribution is 5.78. The van der Waals surface area contributed by atoms with Crippen molar-refractivity contribution in [2.45, 2.75) is 32.9 Å². The number of aromatic amines is 1. The Labute approximate surface area is 108 Å². The van der Waals surface area contributed by atoms with Crippen molar-refractivity contribution in [1.29, 1.82) is 0 Å². The van der Waals surface area contributed by atoms with Gasteiger partial charge in [0.15, 0.2) is 0 Å². The third-order valence-corrected chi connectivity index (χ3v) is 3.04. The number of hydrogen-bond acceptors (Lipinski definition) is 3. The summed E-state index contributed by atoms with van der Waals surface area (Å²) in [6.07, 6.45) is 3.03. The number of nitrogens with zero attached hydrogens (tertiary/aromatic N) is 1. The number of aromatic nitrogens is 2. The summed E-state index contributed by atoms with van der Waals surface area (Å²) in [5.41, 5.74) is 2.39. The molecule has 3 N–H and O–H groups in total. The van der Waals surface area contributed by atoms with Gasteiger partial charge in [0.1, 0.15) is 0 Å². The van der Waals surface area contributed by atoms with Crippen LogP contribution in [0, 0.1) is 0 Å². The van der Waals surface area contributed by atoms with Crippen LogP contribution in [0.5, 0.6) is 0 Å². The summed E-state index contributed by atoms with van der Waals surface area (Å²) in [6, 6.07) is 6.89. The first-order valence-corrected chi connectivity index (χ1v) is 6.65. The number of fused-ring (bicyclic) bond motifs is 1. The quantitative estimate of drug-likeness (QED) is 0.655. The van der Waals surface area contributed by atoms with Gasteiger partial charge in [-0.05, 0) is 31.5 Å². The van der Waals surface area contributed by atoms with Gasteiger partial charge in [0.2, 0.25) is 0 Å². The van der Waals surface area contributed by atoms with Crippen molar-refractivity contribution >= 4 is 10.9 Å². The molecule has 1 heterocycles. The van der Waals surface area contributed by atoms with Gasteiger partial charge in [-0.1, -0.05) is 19.1 Å². The summed E-state index contributed by atoms with van der Waals surface area (Å²) in [4.78, 5) is 0. The van der Waals surface area contributed by atoms with Crippen LogP contribution in [0.1, 0.15) is 25.8 Å². The maximum absolute atomic E-state index is 4.03. The predicted molar refractivity (Wildman–Crippen MR) is 75.6 cm³/mol. The van der Waals surface area contributed by atoms with Gasteiger partial charge < -0.3 is 10.6 Å². The first kappa shape index (κ1) is 13.1. The van der Waals surface area contributed by atoms with Gasteiger partial charge in [0.05, 0.1) is 11.7 Å².